The van der Waals surface area contributed by atoms with Crippen LogP contribution in [0.5, 0.6) is 11.5 Å². The van der Waals surface area contributed by atoms with E-state index >= 15 is 0 Å². The quantitative estimate of drug-likeness (QED) is 0.200. The van der Waals surface area contributed by atoms with Crippen molar-refractivity contribution in [2.24, 2.45) is 5.10 Å². The highest BCUT2D eigenvalue weighted by Crippen LogP contribution is 2.33. The van der Waals surface area contributed by atoms with Crippen molar-refractivity contribution in [2.75, 3.05) is 18.6 Å². The normalized spacial score (nSPS) is 23.2. The number of phenols is 1. The highest BCUT2D eigenvalue weighted by molar-refractivity contribution is 5.84. The molecule has 1 saturated heterocycles. The second kappa shape index (κ2) is 8.92. The number of hydrogen-bond acceptors (Lipinski definition) is 11. The Morgan fingerprint density at radius 1 is 1.38 bits per heavy atom. The van der Waals surface area contributed by atoms with Gasteiger partial charge in [-0.25, -0.2) is 15.4 Å². The second-order valence-electron chi connectivity index (χ2n) is 6.96. The van der Waals surface area contributed by atoms with E-state index in [4.69, 9.17) is 9.47 Å². The molecule has 1 aliphatic rings. The Kier molecular flexibility index (Phi) is 6.05. The Bertz CT molecular complexity index is 1190. The van der Waals surface area contributed by atoms with Crippen molar-refractivity contribution >= 4 is 23.3 Å². The maximum absolute atomic E-state index is 12.2. The van der Waals surface area contributed by atoms with Gasteiger partial charge in [-0.15, -0.1) is 0 Å². The number of fused-ring (bicyclic) bond motifs is 1. The topological polar surface area (TPSA) is 187 Å². The molecule has 13 nitrogen and oxygen atoms in total. The summed E-state index contributed by atoms with van der Waals surface area (Å²) in [6.45, 7) is 1.77. The first-order valence-electron chi connectivity index (χ1n) is 9.77. The van der Waals surface area contributed by atoms with Gasteiger partial charge < -0.3 is 34.9 Å². The molecule has 3 heterocycles. The van der Waals surface area contributed by atoms with Gasteiger partial charge in [0.05, 0.1) is 25.8 Å². The van der Waals surface area contributed by atoms with E-state index in [0.29, 0.717) is 17.9 Å². The van der Waals surface area contributed by atoms with Gasteiger partial charge in [-0.2, -0.15) is 5.10 Å². The van der Waals surface area contributed by atoms with Gasteiger partial charge in [-0.05, 0) is 19.1 Å². The van der Waals surface area contributed by atoms with Crippen LogP contribution >= 0.6 is 0 Å². The predicted molar refractivity (Wildman–Crippen MR) is 112 cm³/mol. The number of H-pyrrole nitrogens is 1. The highest BCUT2D eigenvalue weighted by Gasteiger charge is 2.45. The minimum atomic E-state index is -1.43. The number of aliphatic hydroxyl groups excluding tert-OH is 3. The van der Waals surface area contributed by atoms with Crippen LogP contribution in [0.4, 0.5) is 5.95 Å². The third-order valence-corrected chi connectivity index (χ3v) is 4.94. The molecule has 32 heavy (non-hydrogen) atoms. The molecule has 13 heteroatoms. The average Bonchev–Trinajstić information content (AvgIpc) is 3.28. The van der Waals surface area contributed by atoms with Crippen molar-refractivity contribution < 1.29 is 29.9 Å². The van der Waals surface area contributed by atoms with E-state index < -0.39 is 36.7 Å². The van der Waals surface area contributed by atoms with E-state index in [9.17, 15) is 25.2 Å². The first-order chi connectivity index (χ1) is 15.4. The third-order valence-electron chi connectivity index (χ3n) is 4.94. The minimum Gasteiger partial charge on any atom is -0.507 e. The summed E-state index contributed by atoms with van der Waals surface area (Å²) in [7, 11) is 0. The fourth-order valence-corrected chi connectivity index (χ4v) is 3.38. The van der Waals surface area contributed by atoms with Crippen LogP contribution in [-0.2, 0) is 4.74 Å². The molecule has 170 valence electrons. The summed E-state index contributed by atoms with van der Waals surface area (Å²) >= 11 is 0. The maximum atomic E-state index is 12.2. The summed E-state index contributed by atoms with van der Waals surface area (Å²) in [5, 5.41) is 44.1. The first kappa shape index (κ1) is 21.7. The van der Waals surface area contributed by atoms with E-state index in [1.165, 1.54) is 16.8 Å². The number of imidazole rings is 1. The molecule has 4 rings (SSSR count). The SMILES string of the molecule is CCOc1ccc(/C=N\Nc2nc3c(=O)[nH]cnc3n2[C@@H]2O[C@H](CO)[C@@H](O)[C@H]2O)c(O)c1. The number of aromatic nitrogens is 4. The molecular weight excluding hydrogens is 424 g/mol. The lowest BCUT2D eigenvalue weighted by molar-refractivity contribution is -0.0501. The number of ether oxygens (including phenoxy) is 2. The van der Waals surface area contributed by atoms with Crippen LogP contribution in [0.25, 0.3) is 11.2 Å². The fraction of sp³-hybridized carbons (Fsp3) is 0.368. The summed E-state index contributed by atoms with van der Waals surface area (Å²) in [6.07, 6.45) is -2.53. The Labute approximate surface area is 180 Å². The molecule has 1 fully saturated rings. The number of hydrazone groups is 1. The van der Waals surface area contributed by atoms with Crippen LogP contribution in [0.15, 0.2) is 34.4 Å². The van der Waals surface area contributed by atoms with Crippen LogP contribution in [0.2, 0.25) is 0 Å². The number of nitrogens with one attached hydrogen (secondary N) is 2. The Balaban J connectivity index is 1.67. The van der Waals surface area contributed by atoms with Gasteiger partial charge in [-0.3, -0.25) is 9.36 Å². The number of anilines is 1. The molecule has 3 aromatic rings. The van der Waals surface area contributed by atoms with Crippen LogP contribution in [0.1, 0.15) is 18.7 Å². The van der Waals surface area contributed by atoms with Gasteiger partial charge in [0.2, 0.25) is 5.95 Å². The second-order valence-corrected chi connectivity index (χ2v) is 6.96. The molecule has 0 aliphatic carbocycles. The summed E-state index contributed by atoms with van der Waals surface area (Å²) < 4.78 is 12.2. The number of aliphatic hydroxyl groups is 3. The molecule has 4 atom stereocenters. The molecule has 0 bridgehead atoms. The van der Waals surface area contributed by atoms with Crippen molar-refractivity contribution in [1.29, 1.82) is 0 Å². The van der Waals surface area contributed by atoms with E-state index in [1.54, 1.807) is 12.1 Å². The Morgan fingerprint density at radius 2 is 2.19 bits per heavy atom. The zero-order valence-corrected chi connectivity index (χ0v) is 16.9. The molecule has 0 radical (unpaired) electrons. The fourth-order valence-electron chi connectivity index (χ4n) is 3.38. The van der Waals surface area contributed by atoms with E-state index in [1.807, 2.05) is 6.92 Å². The molecule has 2 aromatic heterocycles. The van der Waals surface area contributed by atoms with Crippen molar-refractivity contribution in [2.45, 2.75) is 31.5 Å². The number of aromatic hydroxyl groups is 1. The van der Waals surface area contributed by atoms with Crippen LogP contribution < -0.4 is 15.7 Å². The lowest BCUT2D eigenvalue weighted by atomic mass is 10.1. The van der Waals surface area contributed by atoms with Gasteiger partial charge in [0, 0.05) is 11.6 Å². The summed E-state index contributed by atoms with van der Waals surface area (Å²) in [4.78, 5) is 22.8. The van der Waals surface area contributed by atoms with Crippen LogP contribution in [0.3, 0.4) is 0 Å². The van der Waals surface area contributed by atoms with Crippen molar-refractivity contribution in [1.82, 2.24) is 19.5 Å². The van der Waals surface area contributed by atoms with E-state index in [-0.39, 0.29) is 22.9 Å². The molecule has 0 amide bonds. The monoisotopic (exact) mass is 446 g/mol. The third kappa shape index (κ3) is 3.89. The first-order valence-corrected chi connectivity index (χ1v) is 9.77. The van der Waals surface area contributed by atoms with E-state index in [2.05, 4.69) is 25.5 Å². The Morgan fingerprint density at radius 3 is 2.88 bits per heavy atom. The standard InChI is InChI=1S/C19H22N6O7/c1-2-31-10-4-3-9(11(27)5-10)6-22-24-19-23-13-16(20-8-21-17(13)30)25(19)18-15(29)14(28)12(7-26)32-18/h3-6,8,12,14-15,18,26-29H,2,7H2,1H3,(H,23,24)(H,20,21,30)/b22-6-/t12-,14-,15-,18-/m1/s1. The van der Waals surface area contributed by atoms with Gasteiger partial charge >= 0.3 is 0 Å². The van der Waals surface area contributed by atoms with Gasteiger partial charge in [0.1, 0.15) is 29.8 Å². The maximum Gasteiger partial charge on any atom is 0.278 e. The average molecular weight is 446 g/mol. The van der Waals surface area contributed by atoms with Crippen molar-refractivity contribution in [3.63, 3.8) is 0 Å². The van der Waals surface area contributed by atoms with Crippen LogP contribution in [0, 0.1) is 0 Å². The number of hydrogen-bond donors (Lipinski definition) is 6. The van der Waals surface area contributed by atoms with Crippen molar-refractivity contribution in [3.8, 4) is 11.5 Å². The molecule has 1 aromatic carbocycles. The minimum absolute atomic E-state index is 0.0132. The number of rotatable bonds is 7. The largest absolute Gasteiger partial charge is 0.507 e. The molecule has 6 N–H and O–H groups in total. The number of nitrogens with zero attached hydrogens (tertiary/aromatic N) is 4. The molecular formula is C19H22N6O7. The number of phenolic OH excluding ortho intramolecular Hbond substituents is 1. The van der Waals surface area contributed by atoms with Gasteiger partial charge in [-0.1, -0.05) is 0 Å². The molecule has 0 unspecified atom stereocenters. The summed E-state index contributed by atoms with van der Waals surface area (Å²) in [6, 6.07) is 4.72. The van der Waals surface area contributed by atoms with Crippen molar-refractivity contribution in [3.05, 3.63) is 40.4 Å². The highest BCUT2D eigenvalue weighted by atomic mass is 16.6. The molecule has 1 aliphatic heterocycles. The van der Waals surface area contributed by atoms with Gasteiger partial charge in [0.15, 0.2) is 17.4 Å². The smallest absolute Gasteiger partial charge is 0.278 e. The number of benzene rings is 1. The number of aromatic amines is 1. The Hall–Kier alpha value is -3.52. The lowest BCUT2D eigenvalue weighted by Crippen LogP contribution is -2.33. The van der Waals surface area contributed by atoms with Crippen LogP contribution in [-0.4, -0.2) is 77.7 Å². The molecule has 0 saturated carbocycles. The lowest BCUT2D eigenvalue weighted by Gasteiger charge is -2.18. The summed E-state index contributed by atoms with van der Waals surface area (Å²) in [5.41, 5.74) is 2.52. The predicted octanol–water partition coefficient (Wildman–Crippen LogP) is -0.719. The summed E-state index contributed by atoms with van der Waals surface area (Å²) in [5.74, 6) is 0.434. The van der Waals surface area contributed by atoms with Gasteiger partial charge in [0.25, 0.3) is 5.56 Å². The van der Waals surface area contributed by atoms with E-state index in [0.717, 1.165) is 6.33 Å². The molecule has 0 spiro atoms. The zero-order chi connectivity index (χ0) is 22.8. The zero-order valence-electron chi connectivity index (χ0n) is 16.9.